The van der Waals surface area contributed by atoms with Gasteiger partial charge in [0.1, 0.15) is 5.60 Å². The molecule has 0 radical (unpaired) electrons. The summed E-state index contributed by atoms with van der Waals surface area (Å²) < 4.78 is 5.34. The van der Waals surface area contributed by atoms with Crippen molar-refractivity contribution in [2.45, 2.75) is 70.1 Å². The van der Waals surface area contributed by atoms with Crippen LogP contribution in [0.25, 0.3) is 0 Å². The highest BCUT2D eigenvalue weighted by atomic mass is 16.6. The molecular weight excluding hydrogens is 280 g/mol. The van der Waals surface area contributed by atoms with E-state index in [2.05, 4.69) is 20.6 Å². The molecule has 0 aromatic carbocycles. The minimum Gasteiger partial charge on any atom is -0.444 e. The molecule has 1 saturated carbocycles. The highest BCUT2D eigenvalue weighted by molar-refractivity contribution is 5.68. The van der Waals surface area contributed by atoms with E-state index in [4.69, 9.17) is 4.74 Å². The van der Waals surface area contributed by atoms with E-state index in [0.29, 0.717) is 0 Å². The van der Waals surface area contributed by atoms with Crippen molar-refractivity contribution >= 4 is 6.09 Å². The first-order valence-corrected chi connectivity index (χ1v) is 8.15. The number of nitrogens with one attached hydrogen (secondary N) is 3. The molecule has 0 bridgehead atoms. The minimum atomic E-state index is -0.450. The minimum absolute atomic E-state index is 0.0142. The summed E-state index contributed by atoms with van der Waals surface area (Å²) in [6, 6.07) is 0.187. The Labute approximate surface area is 131 Å². The molecule has 1 aromatic rings. The molecule has 2 aliphatic rings. The van der Waals surface area contributed by atoms with Gasteiger partial charge in [-0.2, -0.15) is 0 Å². The highest BCUT2D eigenvalue weighted by Gasteiger charge is 2.42. The van der Waals surface area contributed by atoms with Gasteiger partial charge in [0, 0.05) is 24.7 Å². The van der Waals surface area contributed by atoms with E-state index >= 15 is 0 Å². The van der Waals surface area contributed by atoms with Gasteiger partial charge in [-0.1, -0.05) is 0 Å². The van der Waals surface area contributed by atoms with Gasteiger partial charge in [0.15, 0.2) is 0 Å². The van der Waals surface area contributed by atoms with Gasteiger partial charge < -0.3 is 20.4 Å². The first-order chi connectivity index (χ1) is 10.4. The normalized spacial score (nSPS) is 28.2. The Morgan fingerprint density at radius 3 is 2.82 bits per heavy atom. The molecular formula is C16H26N4O2. The number of ether oxygens (including phenoxy) is 1. The third kappa shape index (κ3) is 3.11. The number of aromatic nitrogens is 2. The van der Waals surface area contributed by atoms with Gasteiger partial charge in [0.25, 0.3) is 0 Å². The van der Waals surface area contributed by atoms with Crippen LogP contribution in [0.2, 0.25) is 0 Å². The van der Waals surface area contributed by atoms with Crippen molar-refractivity contribution in [2.24, 2.45) is 0 Å². The van der Waals surface area contributed by atoms with Gasteiger partial charge in [-0.15, -0.1) is 0 Å². The monoisotopic (exact) mass is 306 g/mol. The molecule has 1 spiro atoms. The van der Waals surface area contributed by atoms with Crippen LogP contribution >= 0.6 is 0 Å². The van der Waals surface area contributed by atoms with Gasteiger partial charge in [-0.05, 0) is 46.5 Å². The van der Waals surface area contributed by atoms with Crippen LogP contribution in [0.1, 0.15) is 57.8 Å². The molecule has 3 rings (SSSR count). The summed E-state index contributed by atoms with van der Waals surface area (Å²) in [6.45, 7) is 6.63. The van der Waals surface area contributed by atoms with Crippen LogP contribution in [0.3, 0.4) is 0 Å². The van der Waals surface area contributed by atoms with Gasteiger partial charge in [-0.3, -0.25) is 0 Å². The largest absolute Gasteiger partial charge is 0.444 e. The number of H-pyrrole nitrogens is 1. The second-order valence-electron chi connectivity index (χ2n) is 7.41. The molecule has 6 nitrogen and oxygen atoms in total. The number of alkyl carbamates (subject to hydrolysis) is 1. The Morgan fingerprint density at radius 1 is 1.41 bits per heavy atom. The fourth-order valence-electron chi connectivity index (χ4n) is 3.58. The number of imidazole rings is 1. The van der Waals surface area contributed by atoms with Gasteiger partial charge in [0.05, 0.1) is 17.6 Å². The second-order valence-corrected chi connectivity index (χ2v) is 7.41. The van der Waals surface area contributed by atoms with Crippen LogP contribution in [0.5, 0.6) is 0 Å². The van der Waals surface area contributed by atoms with E-state index in [1.54, 1.807) is 6.33 Å². The van der Waals surface area contributed by atoms with Crippen molar-refractivity contribution in [1.29, 1.82) is 0 Å². The Hall–Kier alpha value is -1.56. The molecule has 22 heavy (non-hydrogen) atoms. The summed E-state index contributed by atoms with van der Waals surface area (Å²) in [6.07, 6.45) is 6.36. The van der Waals surface area contributed by atoms with E-state index in [1.165, 1.54) is 11.4 Å². The Balaban J connectivity index is 1.59. The molecule has 0 saturated heterocycles. The summed E-state index contributed by atoms with van der Waals surface area (Å²) >= 11 is 0. The molecule has 1 amide bonds. The van der Waals surface area contributed by atoms with Crippen molar-refractivity contribution < 1.29 is 9.53 Å². The molecule has 2 heterocycles. The number of carbonyl (C=O) groups is 1. The summed E-state index contributed by atoms with van der Waals surface area (Å²) in [5.74, 6) is 0. The third-order valence-corrected chi connectivity index (χ3v) is 4.57. The predicted octanol–water partition coefficient (Wildman–Crippen LogP) is 2.22. The zero-order chi connectivity index (χ0) is 15.8. The summed E-state index contributed by atoms with van der Waals surface area (Å²) in [5, 5.41) is 6.66. The predicted molar refractivity (Wildman–Crippen MR) is 83.6 cm³/mol. The summed E-state index contributed by atoms with van der Waals surface area (Å²) in [4.78, 5) is 19.7. The van der Waals surface area contributed by atoms with Crippen LogP contribution in [0.4, 0.5) is 4.79 Å². The van der Waals surface area contributed by atoms with E-state index in [9.17, 15) is 4.79 Å². The molecule has 1 aliphatic carbocycles. The molecule has 122 valence electrons. The van der Waals surface area contributed by atoms with Crippen molar-refractivity contribution in [2.75, 3.05) is 6.54 Å². The fraction of sp³-hybridized carbons (Fsp3) is 0.750. The quantitative estimate of drug-likeness (QED) is 0.743. The maximum absolute atomic E-state index is 11.9. The van der Waals surface area contributed by atoms with Crippen molar-refractivity contribution in [3.05, 3.63) is 17.7 Å². The lowest BCUT2D eigenvalue weighted by Gasteiger charge is -2.42. The second kappa shape index (κ2) is 5.57. The number of hydrogen-bond donors (Lipinski definition) is 3. The van der Waals surface area contributed by atoms with Gasteiger partial charge in [0.2, 0.25) is 0 Å². The lowest BCUT2D eigenvalue weighted by Crippen LogP contribution is -2.52. The van der Waals surface area contributed by atoms with E-state index in [0.717, 1.165) is 38.6 Å². The van der Waals surface area contributed by atoms with Crippen molar-refractivity contribution in [3.8, 4) is 0 Å². The number of hydrogen-bond acceptors (Lipinski definition) is 4. The Morgan fingerprint density at radius 2 is 2.14 bits per heavy atom. The number of amides is 1. The molecule has 1 aliphatic heterocycles. The highest BCUT2D eigenvalue weighted by Crippen LogP contribution is 2.39. The maximum Gasteiger partial charge on any atom is 0.407 e. The summed E-state index contributed by atoms with van der Waals surface area (Å²) in [5.41, 5.74) is 1.97. The lowest BCUT2D eigenvalue weighted by atomic mass is 9.75. The molecule has 3 N–H and O–H groups in total. The topological polar surface area (TPSA) is 79.0 Å². The van der Waals surface area contributed by atoms with Crippen LogP contribution in [0.15, 0.2) is 6.33 Å². The first-order valence-electron chi connectivity index (χ1n) is 8.15. The Bertz CT molecular complexity index is 539. The van der Waals surface area contributed by atoms with Crippen molar-refractivity contribution in [1.82, 2.24) is 20.6 Å². The maximum atomic E-state index is 11.9. The molecule has 6 heteroatoms. The van der Waals surface area contributed by atoms with Crippen LogP contribution in [-0.2, 0) is 16.7 Å². The SMILES string of the molecule is CC(C)(C)OC(=O)NC1CCC2(CC1)NCCc1[nH]cnc12. The summed E-state index contributed by atoms with van der Waals surface area (Å²) in [7, 11) is 0. The van der Waals surface area contributed by atoms with E-state index in [1.807, 2.05) is 20.8 Å². The first kappa shape index (κ1) is 15.3. The zero-order valence-electron chi connectivity index (χ0n) is 13.7. The lowest BCUT2D eigenvalue weighted by molar-refractivity contribution is 0.0476. The number of nitrogens with zero attached hydrogens (tertiary/aromatic N) is 1. The standard InChI is InChI=1S/C16H26N4O2/c1-15(2,3)22-14(21)20-11-4-7-16(8-5-11)13-12(6-9-19-16)17-10-18-13/h10-11,19H,4-9H2,1-3H3,(H,17,18)(H,20,21). The number of aromatic amines is 1. The molecule has 1 aromatic heterocycles. The van der Waals surface area contributed by atoms with Gasteiger partial charge in [-0.25, -0.2) is 9.78 Å². The van der Waals surface area contributed by atoms with Crippen LogP contribution in [0, 0.1) is 0 Å². The van der Waals surface area contributed by atoms with Gasteiger partial charge >= 0.3 is 6.09 Å². The number of fused-ring (bicyclic) bond motifs is 2. The van der Waals surface area contributed by atoms with E-state index in [-0.39, 0.29) is 17.7 Å². The fourth-order valence-corrected chi connectivity index (χ4v) is 3.58. The van der Waals surface area contributed by atoms with E-state index < -0.39 is 5.60 Å². The average Bonchev–Trinajstić information content (AvgIpc) is 2.89. The number of carbonyl (C=O) groups excluding carboxylic acids is 1. The zero-order valence-corrected chi connectivity index (χ0v) is 13.7. The van der Waals surface area contributed by atoms with Crippen molar-refractivity contribution in [3.63, 3.8) is 0 Å². The third-order valence-electron chi connectivity index (χ3n) is 4.57. The smallest absolute Gasteiger partial charge is 0.407 e. The Kier molecular flexibility index (Phi) is 3.89. The molecule has 1 fully saturated rings. The number of rotatable bonds is 1. The molecule has 0 unspecified atom stereocenters. The van der Waals surface area contributed by atoms with Crippen LogP contribution in [-0.4, -0.2) is 34.2 Å². The molecule has 0 atom stereocenters. The van der Waals surface area contributed by atoms with Crippen LogP contribution < -0.4 is 10.6 Å². The average molecular weight is 306 g/mol.